The van der Waals surface area contributed by atoms with Crippen LogP contribution in [0.3, 0.4) is 0 Å². The maximum Gasteiger partial charge on any atom is 0.273 e. The van der Waals surface area contributed by atoms with E-state index in [2.05, 4.69) is 25.6 Å². The highest BCUT2D eigenvalue weighted by atomic mass is 35.5. The molecular formula is C27H22ClF2N7OS. The van der Waals surface area contributed by atoms with Crippen molar-refractivity contribution in [2.75, 3.05) is 25.0 Å². The van der Waals surface area contributed by atoms with Crippen LogP contribution in [-0.4, -0.2) is 57.1 Å². The van der Waals surface area contributed by atoms with Crippen molar-refractivity contribution >= 4 is 45.6 Å². The van der Waals surface area contributed by atoms with Crippen LogP contribution in [-0.2, 0) is 6.54 Å². The molecule has 2 aromatic carbocycles. The second kappa shape index (κ2) is 10.4. The molecule has 1 fully saturated rings. The molecule has 0 spiro atoms. The fourth-order valence-electron chi connectivity index (χ4n) is 4.73. The highest BCUT2D eigenvalue weighted by molar-refractivity contribution is 7.14. The first-order valence-corrected chi connectivity index (χ1v) is 13.5. The fraction of sp³-hybridized carbons (Fsp3) is 0.222. The van der Waals surface area contributed by atoms with Gasteiger partial charge in [0.25, 0.3) is 5.91 Å². The second-order valence-electron chi connectivity index (χ2n) is 9.29. The van der Waals surface area contributed by atoms with Crippen LogP contribution >= 0.6 is 22.9 Å². The molecule has 39 heavy (non-hydrogen) atoms. The monoisotopic (exact) mass is 565 g/mol. The number of halogens is 3. The third kappa shape index (κ3) is 5.00. The maximum absolute atomic E-state index is 14.8. The van der Waals surface area contributed by atoms with E-state index in [1.54, 1.807) is 34.7 Å². The number of amides is 1. The van der Waals surface area contributed by atoms with Crippen molar-refractivity contribution < 1.29 is 13.6 Å². The van der Waals surface area contributed by atoms with E-state index in [0.29, 0.717) is 51.3 Å². The number of hydrogen-bond acceptors (Lipinski definition) is 8. The second-order valence-corrected chi connectivity index (χ2v) is 10.6. The Morgan fingerprint density at radius 2 is 2.00 bits per heavy atom. The van der Waals surface area contributed by atoms with Crippen LogP contribution < -0.4 is 10.6 Å². The van der Waals surface area contributed by atoms with Gasteiger partial charge in [0.15, 0.2) is 5.13 Å². The molecule has 6 rings (SSSR count). The van der Waals surface area contributed by atoms with Gasteiger partial charge in [-0.1, -0.05) is 23.7 Å². The molecule has 12 heteroatoms. The molecule has 4 heterocycles. The first-order chi connectivity index (χ1) is 18.9. The number of hydrogen-bond donors (Lipinski definition) is 2. The number of nitrogens with one attached hydrogen (secondary N) is 2. The molecule has 2 aromatic heterocycles. The highest BCUT2D eigenvalue weighted by Crippen LogP contribution is 2.35. The summed E-state index contributed by atoms with van der Waals surface area (Å²) in [6.07, 6.45) is 1.62. The molecule has 1 amide bonds. The van der Waals surface area contributed by atoms with E-state index in [1.807, 2.05) is 6.92 Å². The zero-order valence-electron chi connectivity index (χ0n) is 20.7. The van der Waals surface area contributed by atoms with E-state index < -0.39 is 11.6 Å². The van der Waals surface area contributed by atoms with Gasteiger partial charge in [0.1, 0.15) is 17.3 Å². The number of thiazole rings is 1. The average Bonchev–Trinajstić information content (AvgIpc) is 3.32. The summed E-state index contributed by atoms with van der Waals surface area (Å²) in [5.74, 6) is -1.29. The summed E-state index contributed by atoms with van der Waals surface area (Å²) < 4.78 is 29.5. The van der Waals surface area contributed by atoms with E-state index in [4.69, 9.17) is 16.6 Å². The summed E-state index contributed by atoms with van der Waals surface area (Å²) >= 11 is 7.57. The number of aliphatic imine (C=N–C) groups is 1. The molecule has 0 radical (unpaired) electrons. The Labute approximate surface area is 231 Å². The van der Waals surface area contributed by atoms with Crippen LogP contribution in [0.4, 0.5) is 19.9 Å². The zero-order chi connectivity index (χ0) is 27.1. The van der Waals surface area contributed by atoms with E-state index in [0.717, 1.165) is 6.54 Å². The van der Waals surface area contributed by atoms with Crippen molar-refractivity contribution in [3.8, 4) is 11.3 Å². The lowest BCUT2D eigenvalue weighted by atomic mass is 9.95. The van der Waals surface area contributed by atoms with Gasteiger partial charge in [0.2, 0.25) is 5.95 Å². The fourth-order valence-corrected chi connectivity index (χ4v) is 5.58. The maximum atomic E-state index is 14.8. The van der Waals surface area contributed by atoms with Crippen molar-refractivity contribution in [3.05, 3.63) is 87.0 Å². The minimum absolute atomic E-state index is 0.115. The molecule has 198 valence electrons. The summed E-state index contributed by atoms with van der Waals surface area (Å²) in [5, 5.41) is 8.98. The normalized spacial score (nSPS) is 16.7. The predicted molar refractivity (Wildman–Crippen MR) is 147 cm³/mol. The number of benzene rings is 2. The van der Waals surface area contributed by atoms with Crippen LogP contribution in [0.5, 0.6) is 0 Å². The lowest BCUT2D eigenvalue weighted by Gasteiger charge is -2.31. The zero-order valence-corrected chi connectivity index (χ0v) is 22.3. The molecule has 2 N–H and O–H groups in total. The topological polar surface area (TPSA) is 95.4 Å². The Morgan fingerprint density at radius 3 is 2.79 bits per heavy atom. The summed E-state index contributed by atoms with van der Waals surface area (Å²) in [7, 11) is 0. The minimum atomic E-state index is -0.719. The predicted octanol–water partition coefficient (Wildman–Crippen LogP) is 5.06. The van der Waals surface area contributed by atoms with Gasteiger partial charge in [-0.05, 0) is 31.2 Å². The molecule has 0 unspecified atom stereocenters. The smallest absolute Gasteiger partial charge is 0.273 e. The standard InChI is InChI=1S/C27H22ClF2N7OS/c1-14-12-37(8-7-31-14)25(38)21-13-39-27(34-21)36-26-33-11-15-10-32-24(22-19(29)3-2-4-20(22)30)18-9-16(28)5-6-17(18)23(15)35-26/h2-6,9,11,13-14,31H,7-8,10,12H2,1H3,(H,33,34,35,36)/t14-/m1/s1. The molecule has 2 aliphatic rings. The van der Waals surface area contributed by atoms with Crippen LogP contribution in [0.25, 0.3) is 11.3 Å². The molecule has 0 saturated carbocycles. The van der Waals surface area contributed by atoms with Gasteiger partial charge in [-0.15, -0.1) is 11.3 Å². The largest absolute Gasteiger partial charge is 0.334 e. The Hall–Kier alpha value is -3.80. The summed E-state index contributed by atoms with van der Waals surface area (Å²) in [6.45, 7) is 4.14. The third-order valence-electron chi connectivity index (χ3n) is 6.56. The number of fused-ring (bicyclic) bond motifs is 3. The SMILES string of the molecule is C[C@@H]1CN(C(=O)c2csc(Nc3ncc4c(n3)-c3ccc(Cl)cc3C(c3c(F)cccc3F)=NC4)n2)CCN1. The quantitative estimate of drug-likeness (QED) is 0.359. The van der Waals surface area contributed by atoms with Crippen molar-refractivity contribution in [2.45, 2.75) is 19.5 Å². The molecule has 8 nitrogen and oxygen atoms in total. The lowest BCUT2D eigenvalue weighted by Crippen LogP contribution is -2.51. The lowest BCUT2D eigenvalue weighted by molar-refractivity contribution is 0.0704. The number of rotatable bonds is 4. The molecule has 0 aliphatic carbocycles. The number of aromatic nitrogens is 3. The summed E-state index contributed by atoms with van der Waals surface area (Å²) in [5.41, 5.74) is 2.59. The van der Waals surface area contributed by atoms with Gasteiger partial charge < -0.3 is 15.5 Å². The van der Waals surface area contributed by atoms with Gasteiger partial charge in [0, 0.05) is 59.0 Å². The van der Waals surface area contributed by atoms with Crippen molar-refractivity contribution in [3.63, 3.8) is 0 Å². The molecule has 4 aromatic rings. The van der Waals surface area contributed by atoms with Crippen LogP contribution in [0.2, 0.25) is 5.02 Å². The van der Waals surface area contributed by atoms with Crippen LogP contribution in [0.1, 0.15) is 34.1 Å². The Bertz CT molecular complexity index is 1610. The van der Waals surface area contributed by atoms with Crippen LogP contribution in [0.15, 0.2) is 53.0 Å². The van der Waals surface area contributed by atoms with Crippen molar-refractivity contribution in [1.29, 1.82) is 0 Å². The molecule has 1 saturated heterocycles. The summed E-state index contributed by atoms with van der Waals surface area (Å²) in [4.78, 5) is 32.8. The van der Waals surface area contributed by atoms with E-state index in [-0.39, 0.29) is 35.7 Å². The van der Waals surface area contributed by atoms with E-state index >= 15 is 0 Å². The Balaban J connectivity index is 1.32. The molecule has 2 aliphatic heterocycles. The van der Waals surface area contributed by atoms with E-state index in [9.17, 15) is 13.6 Å². The average molecular weight is 566 g/mol. The number of piperazine rings is 1. The van der Waals surface area contributed by atoms with E-state index in [1.165, 1.54) is 29.5 Å². The van der Waals surface area contributed by atoms with Gasteiger partial charge >= 0.3 is 0 Å². The number of carbonyl (C=O) groups is 1. The van der Waals surface area contributed by atoms with Gasteiger partial charge in [-0.25, -0.2) is 23.7 Å². The Morgan fingerprint density at radius 1 is 1.18 bits per heavy atom. The highest BCUT2D eigenvalue weighted by Gasteiger charge is 2.26. The van der Waals surface area contributed by atoms with Gasteiger partial charge in [-0.2, -0.15) is 0 Å². The first kappa shape index (κ1) is 25.5. The minimum Gasteiger partial charge on any atom is -0.334 e. The number of nitrogens with zero attached hydrogens (tertiary/aromatic N) is 5. The molecular weight excluding hydrogens is 544 g/mol. The molecule has 1 atom stereocenters. The van der Waals surface area contributed by atoms with Crippen LogP contribution in [0, 0.1) is 11.6 Å². The van der Waals surface area contributed by atoms with Gasteiger partial charge in [-0.3, -0.25) is 9.79 Å². The van der Waals surface area contributed by atoms with Crippen molar-refractivity contribution in [1.82, 2.24) is 25.2 Å². The van der Waals surface area contributed by atoms with Gasteiger partial charge in [0.05, 0.1) is 23.5 Å². The summed E-state index contributed by atoms with van der Waals surface area (Å²) in [6, 6.07) is 8.99. The third-order valence-corrected chi connectivity index (χ3v) is 7.55. The number of anilines is 2. The first-order valence-electron chi connectivity index (χ1n) is 12.3. The van der Waals surface area contributed by atoms with Crippen molar-refractivity contribution in [2.24, 2.45) is 4.99 Å². The Kier molecular flexibility index (Phi) is 6.79. The molecule has 0 bridgehead atoms. The number of carbonyl (C=O) groups excluding carboxylic acids is 1.